The lowest BCUT2D eigenvalue weighted by Crippen LogP contribution is -2.23. The van der Waals surface area contributed by atoms with Gasteiger partial charge in [0.1, 0.15) is 0 Å². The van der Waals surface area contributed by atoms with Crippen molar-refractivity contribution in [2.45, 2.75) is 17.9 Å². The smallest absolute Gasteiger partial charge is 0.238 e. The highest BCUT2D eigenvalue weighted by Gasteiger charge is 2.29. The standard InChI is InChI=1S/C15H11F5N2O2S/c16-11-9(12(17)14(19)15(20)13(11)18)6-22-4-3-7-5-8(25(21,23)24)1-2-10(7)22/h1-2,5H,3-4,6H2,(H2,21,23,24). The largest absolute Gasteiger partial charge is 0.366 e. The van der Waals surface area contributed by atoms with Gasteiger partial charge in [0.15, 0.2) is 23.3 Å². The first kappa shape index (κ1) is 17.6. The molecule has 2 aromatic rings. The summed E-state index contributed by atoms with van der Waals surface area (Å²) in [5, 5.41) is 5.04. The Hall–Kier alpha value is -2.20. The van der Waals surface area contributed by atoms with Crippen LogP contribution in [0.5, 0.6) is 0 Å². The van der Waals surface area contributed by atoms with Crippen molar-refractivity contribution in [3.8, 4) is 0 Å². The van der Waals surface area contributed by atoms with Crippen molar-refractivity contribution in [3.05, 3.63) is 58.4 Å². The Morgan fingerprint density at radius 3 is 2.08 bits per heavy atom. The fourth-order valence-electron chi connectivity index (χ4n) is 2.77. The number of fused-ring (bicyclic) bond motifs is 1. The Balaban J connectivity index is 1.99. The number of hydrogen-bond acceptors (Lipinski definition) is 3. The van der Waals surface area contributed by atoms with Gasteiger partial charge in [-0.1, -0.05) is 0 Å². The summed E-state index contributed by atoms with van der Waals surface area (Å²) in [6.07, 6.45) is 0.341. The minimum absolute atomic E-state index is 0.121. The molecule has 0 fully saturated rings. The number of hydrogen-bond donors (Lipinski definition) is 1. The number of sulfonamides is 1. The highest BCUT2D eigenvalue weighted by Crippen LogP contribution is 2.33. The summed E-state index contributed by atoms with van der Waals surface area (Å²) in [4.78, 5) is 1.28. The SMILES string of the molecule is NS(=O)(=O)c1ccc2c(c1)CCN2Cc1c(F)c(F)c(F)c(F)c1F. The van der Waals surface area contributed by atoms with Crippen LogP contribution in [-0.4, -0.2) is 15.0 Å². The minimum Gasteiger partial charge on any atom is -0.366 e. The zero-order chi connectivity index (χ0) is 18.5. The molecule has 2 N–H and O–H groups in total. The van der Waals surface area contributed by atoms with Crippen LogP contribution in [0.25, 0.3) is 0 Å². The first-order valence-corrected chi connectivity index (χ1v) is 8.57. The maximum atomic E-state index is 13.8. The molecule has 0 aliphatic carbocycles. The Morgan fingerprint density at radius 1 is 0.960 bits per heavy atom. The number of primary sulfonamides is 1. The van der Waals surface area contributed by atoms with E-state index in [-0.39, 0.29) is 11.4 Å². The maximum absolute atomic E-state index is 13.8. The fraction of sp³-hybridized carbons (Fsp3) is 0.200. The molecule has 0 saturated carbocycles. The third-order valence-corrected chi connectivity index (χ3v) is 4.93. The molecular weight excluding hydrogens is 367 g/mol. The Morgan fingerprint density at radius 2 is 1.52 bits per heavy atom. The predicted molar refractivity (Wildman–Crippen MR) is 78.8 cm³/mol. The van der Waals surface area contributed by atoms with Crippen LogP contribution >= 0.6 is 0 Å². The average Bonchev–Trinajstić information content (AvgIpc) is 2.96. The Kier molecular flexibility index (Phi) is 4.20. The van der Waals surface area contributed by atoms with Crippen molar-refractivity contribution in [3.63, 3.8) is 0 Å². The molecular formula is C15H11F5N2O2S. The van der Waals surface area contributed by atoms with E-state index in [1.165, 1.54) is 23.1 Å². The van der Waals surface area contributed by atoms with E-state index in [9.17, 15) is 30.4 Å². The van der Waals surface area contributed by atoms with E-state index < -0.39 is 51.2 Å². The molecule has 0 bridgehead atoms. The molecule has 1 aliphatic heterocycles. The summed E-state index contributed by atoms with van der Waals surface area (Å²) in [6.45, 7) is -0.323. The van der Waals surface area contributed by atoms with E-state index in [1.807, 2.05) is 0 Å². The topological polar surface area (TPSA) is 63.4 Å². The minimum atomic E-state index is -3.91. The molecule has 134 valence electrons. The van der Waals surface area contributed by atoms with Crippen molar-refractivity contribution < 1.29 is 30.4 Å². The molecule has 10 heteroatoms. The molecule has 0 atom stereocenters. The number of rotatable bonds is 3. The zero-order valence-electron chi connectivity index (χ0n) is 12.5. The van der Waals surface area contributed by atoms with Crippen LogP contribution in [-0.2, 0) is 23.0 Å². The van der Waals surface area contributed by atoms with Crippen molar-refractivity contribution in [2.24, 2.45) is 5.14 Å². The molecule has 0 unspecified atom stereocenters. The number of nitrogens with zero attached hydrogens (tertiary/aromatic N) is 1. The van der Waals surface area contributed by atoms with E-state index in [1.54, 1.807) is 0 Å². The monoisotopic (exact) mass is 378 g/mol. The average molecular weight is 378 g/mol. The van der Waals surface area contributed by atoms with Crippen LogP contribution in [0, 0.1) is 29.1 Å². The third-order valence-electron chi connectivity index (χ3n) is 4.02. The van der Waals surface area contributed by atoms with Gasteiger partial charge in [-0.25, -0.2) is 35.5 Å². The van der Waals surface area contributed by atoms with E-state index in [2.05, 4.69) is 0 Å². The van der Waals surface area contributed by atoms with Gasteiger partial charge in [0.2, 0.25) is 15.8 Å². The van der Waals surface area contributed by atoms with Crippen molar-refractivity contribution >= 4 is 15.7 Å². The van der Waals surface area contributed by atoms with Gasteiger partial charge >= 0.3 is 0 Å². The lowest BCUT2D eigenvalue weighted by Gasteiger charge is -2.20. The summed E-state index contributed by atoms with van der Waals surface area (Å²) < 4.78 is 90.0. The summed E-state index contributed by atoms with van der Waals surface area (Å²) in [5.41, 5.74) is 0.0477. The van der Waals surface area contributed by atoms with Crippen LogP contribution in [0.4, 0.5) is 27.6 Å². The van der Waals surface area contributed by atoms with Crippen molar-refractivity contribution in [2.75, 3.05) is 11.4 Å². The lowest BCUT2D eigenvalue weighted by molar-refractivity contribution is 0.369. The predicted octanol–water partition coefficient (Wildman–Crippen LogP) is 2.59. The van der Waals surface area contributed by atoms with Gasteiger partial charge in [-0.3, -0.25) is 0 Å². The first-order chi connectivity index (χ1) is 11.6. The summed E-state index contributed by atoms with van der Waals surface area (Å²) in [6, 6.07) is 3.92. The Bertz CT molecular complexity index is 949. The quantitative estimate of drug-likeness (QED) is 0.507. The summed E-state index contributed by atoms with van der Waals surface area (Å²) in [5.74, 6) is -9.98. The second kappa shape index (κ2) is 5.95. The number of anilines is 1. The molecule has 3 rings (SSSR count). The second-order valence-electron chi connectivity index (χ2n) is 5.56. The highest BCUT2D eigenvalue weighted by atomic mass is 32.2. The van der Waals surface area contributed by atoms with Crippen LogP contribution in [0.15, 0.2) is 23.1 Å². The van der Waals surface area contributed by atoms with Crippen LogP contribution in [0.3, 0.4) is 0 Å². The molecule has 0 spiro atoms. The van der Waals surface area contributed by atoms with Crippen molar-refractivity contribution in [1.29, 1.82) is 0 Å². The fourth-order valence-corrected chi connectivity index (χ4v) is 3.33. The normalized spacial score (nSPS) is 14.1. The van der Waals surface area contributed by atoms with Crippen LogP contribution < -0.4 is 10.0 Å². The van der Waals surface area contributed by atoms with Gasteiger partial charge < -0.3 is 4.90 Å². The maximum Gasteiger partial charge on any atom is 0.238 e. The van der Waals surface area contributed by atoms with Gasteiger partial charge in [-0.05, 0) is 30.2 Å². The van der Waals surface area contributed by atoms with E-state index in [0.29, 0.717) is 17.7 Å². The van der Waals surface area contributed by atoms with E-state index in [0.717, 1.165) is 0 Å². The van der Waals surface area contributed by atoms with Gasteiger partial charge in [0.25, 0.3) is 0 Å². The molecule has 0 radical (unpaired) electrons. The van der Waals surface area contributed by atoms with Crippen LogP contribution in [0.2, 0.25) is 0 Å². The molecule has 1 aliphatic rings. The van der Waals surface area contributed by atoms with Crippen LogP contribution in [0.1, 0.15) is 11.1 Å². The molecule has 25 heavy (non-hydrogen) atoms. The Labute approximate surface area is 139 Å². The molecule has 1 heterocycles. The number of halogens is 5. The number of nitrogens with two attached hydrogens (primary N) is 1. The van der Waals surface area contributed by atoms with Gasteiger partial charge in [-0.2, -0.15) is 0 Å². The van der Waals surface area contributed by atoms with Gasteiger partial charge in [0, 0.05) is 24.3 Å². The third kappa shape index (κ3) is 2.95. The highest BCUT2D eigenvalue weighted by molar-refractivity contribution is 7.89. The van der Waals surface area contributed by atoms with Crippen molar-refractivity contribution in [1.82, 2.24) is 0 Å². The second-order valence-corrected chi connectivity index (χ2v) is 7.12. The van der Waals surface area contributed by atoms with Gasteiger partial charge in [0.05, 0.1) is 4.90 Å². The number of benzene rings is 2. The molecule has 0 saturated heterocycles. The van der Waals surface area contributed by atoms with E-state index >= 15 is 0 Å². The summed E-state index contributed by atoms with van der Waals surface area (Å²) in [7, 11) is -3.91. The first-order valence-electron chi connectivity index (χ1n) is 7.02. The molecule has 0 aromatic heterocycles. The van der Waals surface area contributed by atoms with Gasteiger partial charge in [-0.15, -0.1) is 0 Å². The summed E-state index contributed by atoms with van der Waals surface area (Å²) >= 11 is 0. The molecule has 4 nitrogen and oxygen atoms in total. The van der Waals surface area contributed by atoms with E-state index in [4.69, 9.17) is 5.14 Å². The molecule has 2 aromatic carbocycles. The molecule has 0 amide bonds. The zero-order valence-corrected chi connectivity index (χ0v) is 13.3. The lowest BCUT2D eigenvalue weighted by atomic mass is 10.1.